The highest BCUT2D eigenvalue weighted by Crippen LogP contribution is 1.93. The Kier molecular flexibility index (Phi) is 7.75. The topological polar surface area (TPSA) is 163 Å². The van der Waals surface area contributed by atoms with Crippen LogP contribution in [0.15, 0.2) is 0 Å². The number of aliphatic hydroxyl groups excluding tert-OH is 3. The summed E-state index contributed by atoms with van der Waals surface area (Å²) in [6, 6.07) is 0. The lowest BCUT2D eigenvalue weighted by Gasteiger charge is -2.20. The van der Waals surface area contributed by atoms with Crippen LogP contribution in [0.3, 0.4) is 0 Å². The highest BCUT2D eigenvalue weighted by Gasteiger charge is 2.20. The molecule has 0 amide bonds. The molecule has 0 fully saturated rings. The van der Waals surface area contributed by atoms with E-state index in [2.05, 4.69) is 11.5 Å². The fraction of sp³-hybridized carbons (Fsp3) is 0.800. The van der Waals surface area contributed by atoms with Gasteiger partial charge < -0.3 is 32.5 Å². The molecule has 12 heavy (non-hydrogen) atoms. The Morgan fingerprint density at radius 3 is 1.25 bits per heavy atom. The van der Waals surface area contributed by atoms with Crippen LogP contribution < -0.4 is 17.2 Å². The van der Waals surface area contributed by atoms with E-state index in [1.54, 1.807) is 0 Å². The minimum Gasteiger partial charge on any atom is -0.394 e. The van der Waals surface area contributed by atoms with Gasteiger partial charge in [0.1, 0.15) is 0 Å². The first-order valence-corrected chi connectivity index (χ1v) is 3.13. The second kappa shape index (κ2) is 6.80. The molecule has 7 nitrogen and oxygen atoms in total. The van der Waals surface area contributed by atoms with Crippen molar-refractivity contribution in [2.75, 3.05) is 19.8 Å². The van der Waals surface area contributed by atoms with Crippen LogP contribution in [0.2, 0.25) is 0 Å². The predicted molar refractivity (Wildman–Crippen MR) is 44.3 cm³/mol. The van der Waals surface area contributed by atoms with Gasteiger partial charge in [-0.05, 0) is 0 Å². The molecule has 0 aromatic heterocycles. The number of hydrogen-bond donors (Lipinski definition) is 7. The molecule has 74 valence electrons. The van der Waals surface area contributed by atoms with Crippen LogP contribution in [-0.4, -0.2) is 46.6 Å². The number of nitrogens with one attached hydrogen (secondary N) is 1. The zero-order valence-electron chi connectivity index (χ0n) is 6.70. The van der Waals surface area contributed by atoms with Crippen molar-refractivity contribution in [1.82, 2.24) is 0 Å². The number of nitrogens with two attached hydrogens (primary N) is 3. The molecular formula is C5H16N4O3. The Balaban J connectivity index is 0. The van der Waals surface area contributed by atoms with Crippen molar-refractivity contribution in [2.24, 2.45) is 17.2 Å². The van der Waals surface area contributed by atoms with Crippen molar-refractivity contribution in [3.05, 3.63) is 0 Å². The lowest BCUT2D eigenvalue weighted by atomic mass is 10.1. The predicted octanol–water partition coefficient (Wildman–Crippen LogP) is -3.50. The van der Waals surface area contributed by atoms with E-state index >= 15 is 0 Å². The molecule has 0 aliphatic rings. The Hall–Kier alpha value is -0.890. The molecular weight excluding hydrogens is 164 g/mol. The zero-order chi connectivity index (χ0) is 10.2. The molecule has 0 aliphatic carbocycles. The third kappa shape index (κ3) is 9.11. The third-order valence-corrected chi connectivity index (χ3v) is 0.945. The minimum atomic E-state index is -1.21. The summed E-state index contributed by atoms with van der Waals surface area (Å²) < 4.78 is 0. The first-order chi connectivity index (χ1) is 5.41. The van der Waals surface area contributed by atoms with Gasteiger partial charge in [0, 0.05) is 0 Å². The average molecular weight is 180 g/mol. The molecule has 0 aromatic rings. The number of aliphatic hydroxyl groups is 3. The summed E-state index contributed by atoms with van der Waals surface area (Å²) in [6.45, 7) is -1.21. The van der Waals surface area contributed by atoms with Gasteiger partial charge in [-0.3, -0.25) is 5.41 Å². The number of rotatable bonds is 3. The highest BCUT2D eigenvalue weighted by atomic mass is 16.3. The maximum absolute atomic E-state index is 8.34. The van der Waals surface area contributed by atoms with Gasteiger partial charge in [0.05, 0.1) is 25.4 Å². The summed E-state index contributed by atoms with van der Waals surface area (Å²) in [7, 11) is 0. The Morgan fingerprint density at radius 1 is 1.08 bits per heavy atom. The Bertz CT molecular complexity index is 114. The van der Waals surface area contributed by atoms with E-state index in [-0.39, 0.29) is 5.96 Å². The second-order valence-electron chi connectivity index (χ2n) is 2.29. The fourth-order valence-electron chi connectivity index (χ4n) is 0.150. The van der Waals surface area contributed by atoms with Crippen molar-refractivity contribution in [3.8, 4) is 0 Å². The quantitative estimate of drug-likeness (QED) is 0.176. The smallest absolute Gasteiger partial charge is 0.183 e. The summed E-state index contributed by atoms with van der Waals surface area (Å²) >= 11 is 0. The molecule has 0 unspecified atom stereocenters. The van der Waals surface area contributed by atoms with Gasteiger partial charge in [-0.1, -0.05) is 0 Å². The van der Waals surface area contributed by atoms with Crippen molar-refractivity contribution in [1.29, 1.82) is 5.41 Å². The van der Waals surface area contributed by atoms with Crippen LogP contribution >= 0.6 is 0 Å². The molecule has 7 heteroatoms. The SMILES string of the molecule is N=C(N)N.NC(CO)(CO)CO. The molecule has 0 atom stereocenters. The summed E-state index contributed by atoms with van der Waals surface area (Å²) in [6.07, 6.45) is 0. The van der Waals surface area contributed by atoms with Gasteiger partial charge in [-0.15, -0.1) is 0 Å². The molecule has 0 saturated heterocycles. The molecule has 0 aromatic carbocycles. The highest BCUT2D eigenvalue weighted by molar-refractivity contribution is 5.71. The Morgan fingerprint density at radius 2 is 1.25 bits per heavy atom. The second-order valence-corrected chi connectivity index (χ2v) is 2.29. The largest absolute Gasteiger partial charge is 0.394 e. The van der Waals surface area contributed by atoms with Crippen LogP contribution in [0, 0.1) is 5.41 Å². The maximum atomic E-state index is 8.34. The normalized spacial score (nSPS) is 10.0. The summed E-state index contributed by atoms with van der Waals surface area (Å²) in [5.41, 5.74) is 12.9. The van der Waals surface area contributed by atoms with Gasteiger partial charge in [-0.25, -0.2) is 0 Å². The molecule has 0 heterocycles. The third-order valence-electron chi connectivity index (χ3n) is 0.945. The van der Waals surface area contributed by atoms with E-state index in [0.717, 1.165) is 0 Å². The lowest BCUT2D eigenvalue weighted by Crippen LogP contribution is -2.50. The van der Waals surface area contributed by atoms with E-state index in [0.29, 0.717) is 0 Å². The van der Waals surface area contributed by atoms with E-state index < -0.39 is 25.4 Å². The molecule has 0 aliphatic heterocycles. The molecule has 0 rings (SSSR count). The molecule has 0 bridgehead atoms. The van der Waals surface area contributed by atoms with Gasteiger partial charge in [0.15, 0.2) is 5.96 Å². The average Bonchev–Trinajstić information content (AvgIpc) is 2.02. The minimum absolute atomic E-state index is 0.333. The van der Waals surface area contributed by atoms with Gasteiger partial charge in [-0.2, -0.15) is 0 Å². The van der Waals surface area contributed by atoms with Gasteiger partial charge in [0.2, 0.25) is 0 Å². The van der Waals surface area contributed by atoms with Gasteiger partial charge >= 0.3 is 0 Å². The molecule has 0 saturated carbocycles. The fourth-order valence-corrected chi connectivity index (χ4v) is 0.150. The van der Waals surface area contributed by atoms with Crippen LogP contribution in [-0.2, 0) is 0 Å². The van der Waals surface area contributed by atoms with Crippen LogP contribution in [0.5, 0.6) is 0 Å². The van der Waals surface area contributed by atoms with E-state index in [1.807, 2.05) is 0 Å². The van der Waals surface area contributed by atoms with Crippen LogP contribution in [0.25, 0.3) is 0 Å². The monoisotopic (exact) mass is 180 g/mol. The lowest BCUT2D eigenvalue weighted by molar-refractivity contribution is 0.0698. The van der Waals surface area contributed by atoms with Gasteiger partial charge in [0.25, 0.3) is 0 Å². The molecule has 0 radical (unpaired) electrons. The summed E-state index contributed by atoms with van der Waals surface area (Å²) in [5.74, 6) is -0.333. The van der Waals surface area contributed by atoms with Crippen LogP contribution in [0.4, 0.5) is 0 Å². The van der Waals surface area contributed by atoms with E-state index in [9.17, 15) is 0 Å². The standard InChI is InChI=1S/C4H11NO3.CH5N3/c5-4(1-6,2-7)3-8;2-1(3)4/h6-8H,1-3,5H2;(H5,2,3,4). The van der Waals surface area contributed by atoms with Crippen molar-refractivity contribution in [3.63, 3.8) is 0 Å². The summed E-state index contributed by atoms with van der Waals surface area (Å²) in [4.78, 5) is 0. The molecule has 10 N–H and O–H groups in total. The zero-order valence-corrected chi connectivity index (χ0v) is 6.70. The van der Waals surface area contributed by atoms with E-state index in [1.165, 1.54) is 0 Å². The van der Waals surface area contributed by atoms with Crippen molar-refractivity contribution in [2.45, 2.75) is 5.54 Å². The maximum Gasteiger partial charge on any atom is 0.183 e. The van der Waals surface area contributed by atoms with E-state index in [4.69, 9.17) is 26.5 Å². The Labute approximate surface area is 70.3 Å². The van der Waals surface area contributed by atoms with Crippen molar-refractivity contribution < 1.29 is 15.3 Å². The summed E-state index contributed by atoms with van der Waals surface area (Å²) in [5, 5.41) is 31.1. The van der Waals surface area contributed by atoms with Crippen molar-refractivity contribution >= 4 is 5.96 Å². The van der Waals surface area contributed by atoms with Crippen LogP contribution in [0.1, 0.15) is 0 Å². The number of guanidine groups is 1. The first kappa shape index (κ1) is 13.7. The number of hydrogen-bond acceptors (Lipinski definition) is 5. The first-order valence-electron chi connectivity index (χ1n) is 3.13. The molecule has 0 spiro atoms.